The fourth-order valence-electron chi connectivity index (χ4n) is 1.24. The molecule has 4 nitrogen and oxygen atoms in total. The van der Waals surface area contributed by atoms with Crippen molar-refractivity contribution in [2.75, 3.05) is 0 Å². The minimum atomic E-state index is -3.57. The van der Waals surface area contributed by atoms with Crippen LogP contribution in [0.2, 0.25) is 0 Å². The van der Waals surface area contributed by atoms with Crippen molar-refractivity contribution in [3.63, 3.8) is 0 Å². The van der Waals surface area contributed by atoms with Crippen molar-refractivity contribution in [2.45, 2.75) is 11.8 Å². The summed E-state index contributed by atoms with van der Waals surface area (Å²) < 4.78 is 25.8. The van der Waals surface area contributed by atoms with Gasteiger partial charge in [0.15, 0.2) is 0 Å². The van der Waals surface area contributed by atoms with Gasteiger partial charge < -0.3 is 0 Å². The third kappa shape index (κ3) is 1.90. The number of rotatable bonds is 2. The highest BCUT2D eigenvalue weighted by Gasteiger charge is 2.18. The lowest BCUT2D eigenvalue weighted by Gasteiger charge is -2.02. The Morgan fingerprint density at radius 3 is 2.38 bits per heavy atom. The van der Waals surface area contributed by atoms with Gasteiger partial charge in [-0.15, -0.1) is 0 Å². The van der Waals surface area contributed by atoms with E-state index in [4.69, 9.17) is 0 Å². The number of aromatic nitrogens is 2. The number of nitrogens with zero attached hydrogens (tertiary/aromatic N) is 2. The summed E-state index contributed by atoms with van der Waals surface area (Å²) in [4.78, 5) is 0.227. The van der Waals surface area contributed by atoms with Crippen LogP contribution in [0.4, 0.5) is 0 Å². The molecule has 0 radical (unpaired) electrons. The van der Waals surface area contributed by atoms with Crippen LogP contribution in [0.15, 0.2) is 45.9 Å². The molecule has 2 rings (SSSR count). The number of halogens is 1. The highest BCUT2D eigenvalue weighted by Crippen LogP contribution is 2.18. The van der Waals surface area contributed by atoms with E-state index in [1.54, 1.807) is 37.3 Å². The van der Waals surface area contributed by atoms with Gasteiger partial charge >= 0.3 is 0 Å². The summed E-state index contributed by atoms with van der Waals surface area (Å²) in [5.74, 6) is 0. The number of hydrogen-bond donors (Lipinski definition) is 0. The van der Waals surface area contributed by atoms with E-state index in [2.05, 4.69) is 21.0 Å². The normalized spacial score (nSPS) is 11.6. The number of hydrogen-bond acceptors (Lipinski definition) is 3. The van der Waals surface area contributed by atoms with E-state index >= 15 is 0 Å². The Hall–Kier alpha value is -1.14. The van der Waals surface area contributed by atoms with E-state index in [1.165, 1.54) is 6.20 Å². The molecule has 0 saturated heterocycles. The maximum atomic E-state index is 12.1. The predicted octanol–water partition coefficient (Wildman–Crippen LogP) is 2.19. The first-order chi connectivity index (χ1) is 7.51. The molecule has 0 bridgehead atoms. The lowest BCUT2D eigenvalue weighted by molar-refractivity contribution is 0.579. The van der Waals surface area contributed by atoms with Crippen LogP contribution in [-0.2, 0) is 10.0 Å². The van der Waals surface area contributed by atoms with Gasteiger partial charge in [0, 0.05) is 0 Å². The number of benzene rings is 1. The molecule has 1 aromatic heterocycles. The van der Waals surface area contributed by atoms with Gasteiger partial charge in [0.1, 0.15) is 0 Å². The van der Waals surface area contributed by atoms with Crippen molar-refractivity contribution in [1.29, 1.82) is 0 Å². The monoisotopic (exact) mass is 300 g/mol. The summed E-state index contributed by atoms with van der Waals surface area (Å²) in [6.07, 6.45) is 1.44. The molecular weight excluding hydrogens is 292 g/mol. The molecular formula is C10H9BrN2O2S. The first-order valence-electron chi connectivity index (χ1n) is 4.54. The van der Waals surface area contributed by atoms with Crippen LogP contribution in [0.5, 0.6) is 0 Å². The van der Waals surface area contributed by atoms with Crippen LogP contribution in [0.1, 0.15) is 5.69 Å². The largest absolute Gasteiger partial charge is 0.282 e. The second kappa shape index (κ2) is 4.03. The fraction of sp³-hybridized carbons (Fsp3) is 0.100. The van der Waals surface area contributed by atoms with Gasteiger partial charge in [0.05, 0.1) is 21.3 Å². The molecule has 84 valence electrons. The zero-order valence-corrected chi connectivity index (χ0v) is 10.9. The standard InChI is InChI=1S/C10H9BrN2O2S/c1-8-10(11)7-13(12-8)16(14,15)9-5-3-2-4-6-9/h2-7H,1H3. The van der Waals surface area contributed by atoms with Crippen LogP contribution < -0.4 is 0 Å². The highest BCUT2D eigenvalue weighted by molar-refractivity contribution is 9.10. The molecule has 0 unspecified atom stereocenters. The van der Waals surface area contributed by atoms with Crippen molar-refractivity contribution in [3.8, 4) is 0 Å². The lowest BCUT2D eigenvalue weighted by atomic mass is 10.4. The molecule has 0 N–H and O–H groups in total. The SMILES string of the molecule is Cc1nn(S(=O)(=O)c2ccccc2)cc1Br. The van der Waals surface area contributed by atoms with E-state index in [0.717, 1.165) is 4.09 Å². The summed E-state index contributed by atoms with van der Waals surface area (Å²) in [6.45, 7) is 1.74. The first-order valence-corrected chi connectivity index (χ1v) is 6.77. The van der Waals surface area contributed by atoms with Crippen molar-refractivity contribution in [1.82, 2.24) is 9.19 Å². The van der Waals surface area contributed by atoms with E-state index in [-0.39, 0.29) is 4.90 Å². The summed E-state index contributed by atoms with van der Waals surface area (Å²) in [5.41, 5.74) is 0.638. The van der Waals surface area contributed by atoms with Crippen molar-refractivity contribution in [3.05, 3.63) is 46.7 Å². The Morgan fingerprint density at radius 1 is 1.25 bits per heavy atom. The smallest absolute Gasteiger partial charge is 0.199 e. The fourth-order valence-corrected chi connectivity index (χ4v) is 2.84. The van der Waals surface area contributed by atoms with Gasteiger partial charge in [-0.3, -0.25) is 0 Å². The molecule has 16 heavy (non-hydrogen) atoms. The van der Waals surface area contributed by atoms with Crippen LogP contribution in [0.3, 0.4) is 0 Å². The zero-order valence-electron chi connectivity index (χ0n) is 8.46. The Kier molecular flexibility index (Phi) is 2.86. The van der Waals surface area contributed by atoms with Gasteiger partial charge in [0.2, 0.25) is 0 Å². The molecule has 1 aromatic carbocycles. The average Bonchev–Trinajstić information content (AvgIpc) is 2.61. The van der Waals surface area contributed by atoms with Crippen LogP contribution in [0.25, 0.3) is 0 Å². The summed E-state index contributed by atoms with van der Waals surface area (Å²) in [6, 6.07) is 8.21. The molecule has 2 aromatic rings. The number of aryl methyl sites for hydroxylation is 1. The molecule has 0 aliphatic heterocycles. The van der Waals surface area contributed by atoms with E-state index in [9.17, 15) is 8.42 Å². The third-order valence-electron chi connectivity index (χ3n) is 2.11. The molecule has 0 aliphatic carbocycles. The molecule has 6 heteroatoms. The zero-order chi connectivity index (χ0) is 11.8. The Bertz CT molecular complexity index is 586. The van der Waals surface area contributed by atoms with Crippen LogP contribution in [0, 0.1) is 6.92 Å². The molecule has 0 amide bonds. The van der Waals surface area contributed by atoms with E-state index in [1.807, 2.05) is 0 Å². The quantitative estimate of drug-likeness (QED) is 0.854. The van der Waals surface area contributed by atoms with Crippen molar-refractivity contribution < 1.29 is 8.42 Å². The van der Waals surface area contributed by atoms with Gasteiger partial charge in [-0.25, -0.2) is 0 Å². The molecule has 1 heterocycles. The Morgan fingerprint density at radius 2 is 1.88 bits per heavy atom. The van der Waals surface area contributed by atoms with Gasteiger partial charge in [-0.1, -0.05) is 18.2 Å². The van der Waals surface area contributed by atoms with Gasteiger partial charge in [-0.05, 0) is 35.0 Å². The molecule has 0 saturated carbocycles. The average molecular weight is 301 g/mol. The third-order valence-corrected chi connectivity index (χ3v) is 4.43. The Labute approximate surface area is 102 Å². The summed E-state index contributed by atoms with van der Waals surface area (Å²) in [7, 11) is -3.57. The lowest BCUT2D eigenvalue weighted by Crippen LogP contribution is -2.13. The van der Waals surface area contributed by atoms with Crippen molar-refractivity contribution in [2.24, 2.45) is 0 Å². The van der Waals surface area contributed by atoms with Crippen LogP contribution >= 0.6 is 15.9 Å². The molecule has 0 fully saturated rings. The first kappa shape index (κ1) is 11.3. The Balaban J connectivity index is 2.56. The summed E-state index contributed by atoms with van der Waals surface area (Å²) >= 11 is 3.23. The van der Waals surface area contributed by atoms with Gasteiger partial charge in [-0.2, -0.15) is 17.6 Å². The minimum Gasteiger partial charge on any atom is -0.199 e. The molecule has 0 aliphatic rings. The predicted molar refractivity (Wildman–Crippen MR) is 63.7 cm³/mol. The minimum absolute atomic E-state index is 0.227. The maximum absolute atomic E-state index is 12.1. The summed E-state index contributed by atoms with van der Waals surface area (Å²) in [5, 5.41) is 3.94. The van der Waals surface area contributed by atoms with Crippen molar-refractivity contribution >= 4 is 26.0 Å². The van der Waals surface area contributed by atoms with Crippen LogP contribution in [-0.4, -0.2) is 17.6 Å². The highest BCUT2D eigenvalue weighted by atomic mass is 79.9. The van der Waals surface area contributed by atoms with Gasteiger partial charge in [0.25, 0.3) is 10.0 Å². The van der Waals surface area contributed by atoms with E-state index < -0.39 is 10.0 Å². The second-order valence-corrected chi connectivity index (χ2v) is 5.90. The molecule has 0 spiro atoms. The topological polar surface area (TPSA) is 52.0 Å². The second-order valence-electron chi connectivity index (χ2n) is 3.25. The van der Waals surface area contributed by atoms with E-state index in [0.29, 0.717) is 10.2 Å². The molecule has 0 atom stereocenters. The maximum Gasteiger partial charge on any atom is 0.282 e.